The summed E-state index contributed by atoms with van der Waals surface area (Å²) in [5, 5.41) is 23.1. The molecule has 0 fully saturated rings. The topological polar surface area (TPSA) is 95.9 Å². The van der Waals surface area contributed by atoms with Crippen LogP contribution in [0.3, 0.4) is 0 Å². The minimum atomic E-state index is -0.842. The molecule has 2 atom stereocenters. The molecular formula is C78H145NO5. The van der Waals surface area contributed by atoms with E-state index in [-0.39, 0.29) is 18.5 Å². The number of carbonyl (C=O) groups excluding carboxylic acids is 2. The minimum Gasteiger partial charge on any atom is -0.466 e. The maximum absolute atomic E-state index is 12.5. The van der Waals surface area contributed by atoms with Crippen LogP contribution in [-0.4, -0.2) is 47.4 Å². The molecule has 0 radical (unpaired) electrons. The van der Waals surface area contributed by atoms with E-state index in [0.717, 1.165) is 57.8 Å². The smallest absolute Gasteiger partial charge is 0.305 e. The first-order valence-electron chi connectivity index (χ1n) is 37.6. The summed E-state index contributed by atoms with van der Waals surface area (Å²) in [5.74, 6) is -0.0537. The molecule has 0 heterocycles. The van der Waals surface area contributed by atoms with Gasteiger partial charge in [-0.15, -0.1) is 0 Å². The van der Waals surface area contributed by atoms with Gasteiger partial charge in [0, 0.05) is 12.8 Å². The van der Waals surface area contributed by atoms with Gasteiger partial charge in [-0.05, 0) is 96.3 Å². The summed E-state index contributed by atoms with van der Waals surface area (Å²) in [6.07, 6.45) is 97.6. The normalized spacial score (nSPS) is 12.9. The van der Waals surface area contributed by atoms with Crippen LogP contribution in [0.5, 0.6) is 0 Å². The molecule has 0 saturated carbocycles. The van der Waals surface area contributed by atoms with Crippen molar-refractivity contribution in [2.75, 3.05) is 13.2 Å². The second-order valence-corrected chi connectivity index (χ2v) is 25.6. The van der Waals surface area contributed by atoms with Crippen molar-refractivity contribution in [1.29, 1.82) is 0 Å². The molecule has 1 amide bonds. The lowest BCUT2D eigenvalue weighted by Crippen LogP contribution is -2.45. The van der Waals surface area contributed by atoms with E-state index in [9.17, 15) is 19.8 Å². The Morgan fingerprint density at radius 3 is 0.917 bits per heavy atom. The average molecular weight is 1180 g/mol. The number of allylic oxidation sites excluding steroid dienone is 9. The number of unbranched alkanes of at least 4 members (excludes halogenated alkanes) is 51. The molecule has 0 bridgehead atoms. The van der Waals surface area contributed by atoms with E-state index < -0.39 is 12.1 Å². The number of aliphatic hydroxyl groups is 2. The summed E-state index contributed by atoms with van der Waals surface area (Å²) in [5.41, 5.74) is 0. The summed E-state index contributed by atoms with van der Waals surface area (Å²) in [6.45, 7) is 4.90. The highest BCUT2D eigenvalue weighted by molar-refractivity contribution is 5.76. The predicted molar refractivity (Wildman–Crippen MR) is 370 cm³/mol. The van der Waals surface area contributed by atoms with E-state index in [2.05, 4.69) is 67.8 Å². The number of nitrogens with one attached hydrogen (secondary N) is 1. The predicted octanol–water partition coefficient (Wildman–Crippen LogP) is 24.6. The first-order valence-corrected chi connectivity index (χ1v) is 37.6. The molecule has 0 aromatic rings. The van der Waals surface area contributed by atoms with Gasteiger partial charge in [0.1, 0.15) is 0 Å². The van der Waals surface area contributed by atoms with E-state index in [0.29, 0.717) is 19.4 Å². The van der Waals surface area contributed by atoms with Crippen LogP contribution in [-0.2, 0) is 14.3 Å². The molecule has 6 heteroatoms. The van der Waals surface area contributed by atoms with E-state index in [1.54, 1.807) is 6.08 Å². The summed E-state index contributed by atoms with van der Waals surface area (Å²) in [7, 11) is 0. The molecule has 3 N–H and O–H groups in total. The zero-order valence-electron chi connectivity index (χ0n) is 56.4. The fraction of sp³-hybridized carbons (Fsp3) is 0.846. The third kappa shape index (κ3) is 68.7. The van der Waals surface area contributed by atoms with E-state index >= 15 is 0 Å². The standard InChI is InChI=1S/C78H145NO5/c1-3-5-7-9-11-13-15-17-18-19-42-45-48-52-56-60-64-68-72-78(83)84-73-69-65-61-57-53-49-46-43-40-38-36-34-32-30-28-26-24-22-20-21-23-25-27-29-31-33-35-37-39-41-44-47-51-55-59-63-67-71-77(82)79-75(74-80)76(81)70-66-62-58-54-50-16-14-12-10-8-6-4-2/h13,15,18-20,22,26,28,66,70,75-76,80-81H,3-12,14,16-17,21,23-25,27,29-65,67-69,71-74H2,1-2H3,(H,79,82)/b15-13-,19-18-,22-20-,28-26-,70-66+. The van der Waals surface area contributed by atoms with Gasteiger partial charge in [-0.2, -0.15) is 0 Å². The summed E-state index contributed by atoms with van der Waals surface area (Å²) < 4.78 is 5.50. The van der Waals surface area contributed by atoms with Crippen molar-refractivity contribution in [3.8, 4) is 0 Å². The zero-order valence-corrected chi connectivity index (χ0v) is 56.4. The summed E-state index contributed by atoms with van der Waals surface area (Å²) >= 11 is 0. The highest BCUT2D eigenvalue weighted by Gasteiger charge is 2.18. The van der Waals surface area contributed by atoms with Gasteiger partial charge >= 0.3 is 5.97 Å². The molecule has 0 aromatic heterocycles. The maximum Gasteiger partial charge on any atom is 0.305 e. The van der Waals surface area contributed by atoms with Crippen molar-refractivity contribution in [2.24, 2.45) is 0 Å². The number of hydrogen-bond acceptors (Lipinski definition) is 5. The van der Waals surface area contributed by atoms with Gasteiger partial charge in [0.25, 0.3) is 0 Å². The number of esters is 1. The van der Waals surface area contributed by atoms with Crippen molar-refractivity contribution in [3.63, 3.8) is 0 Å². The third-order valence-electron chi connectivity index (χ3n) is 17.3. The van der Waals surface area contributed by atoms with Crippen LogP contribution < -0.4 is 5.32 Å². The Morgan fingerprint density at radius 1 is 0.333 bits per heavy atom. The van der Waals surface area contributed by atoms with Crippen LogP contribution in [0.2, 0.25) is 0 Å². The maximum atomic E-state index is 12.5. The highest BCUT2D eigenvalue weighted by atomic mass is 16.5. The van der Waals surface area contributed by atoms with Crippen LogP contribution in [0.1, 0.15) is 399 Å². The quantitative estimate of drug-likeness (QED) is 0.0320. The van der Waals surface area contributed by atoms with E-state index in [4.69, 9.17) is 4.74 Å². The van der Waals surface area contributed by atoms with E-state index in [1.807, 2.05) is 6.08 Å². The number of ether oxygens (including phenoxy) is 1. The Balaban J connectivity index is 3.36. The Morgan fingerprint density at radius 2 is 0.595 bits per heavy atom. The molecule has 0 rings (SSSR count). The van der Waals surface area contributed by atoms with Crippen molar-refractivity contribution in [3.05, 3.63) is 60.8 Å². The van der Waals surface area contributed by atoms with Gasteiger partial charge in [0.2, 0.25) is 5.91 Å². The zero-order chi connectivity index (χ0) is 60.6. The molecule has 0 aliphatic heterocycles. The molecular weight excluding hydrogens is 1030 g/mol. The lowest BCUT2D eigenvalue weighted by atomic mass is 10.0. The van der Waals surface area contributed by atoms with Crippen LogP contribution in [0.25, 0.3) is 0 Å². The monoisotopic (exact) mass is 1180 g/mol. The molecule has 492 valence electrons. The largest absolute Gasteiger partial charge is 0.466 e. The molecule has 2 unspecified atom stereocenters. The first kappa shape index (κ1) is 81.6. The van der Waals surface area contributed by atoms with Gasteiger partial charge < -0.3 is 20.3 Å². The third-order valence-corrected chi connectivity index (χ3v) is 17.3. The fourth-order valence-electron chi connectivity index (χ4n) is 11.5. The lowest BCUT2D eigenvalue weighted by Gasteiger charge is -2.20. The molecule has 6 nitrogen and oxygen atoms in total. The van der Waals surface area contributed by atoms with Crippen molar-refractivity contribution in [1.82, 2.24) is 5.32 Å². The average Bonchev–Trinajstić information content (AvgIpc) is 3.51. The van der Waals surface area contributed by atoms with Gasteiger partial charge in [0.15, 0.2) is 0 Å². The van der Waals surface area contributed by atoms with Crippen molar-refractivity contribution < 1.29 is 24.5 Å². The number of carbonyl (C=O) groups is 2. The lowest BCUT2D eigenvalue weighted by molar-refractivity contribution is -0.143. The van der Waals surface area contributed by atoms with Gasteiger partial charge in [-0.3, -0.25) is 9.59 Å². The summed E-state index contributed by atoms with van der Waals surface area (Å²) in [6, 6.07) is -0.625. The van der Waals surface area contributed by atoms with Crippen LogP contribution in [0.4, 0.5) is 0 Å². The number of hydrogen-bond donors (Lipinski definition) is 3. The molecule has 0 aromatic carbocycles. The van der Waals surface area contributed by atoms with Crippen LogP contribution in [0, 0.1) is 0 Å². The SMILES string of the molecule is CCCCCC/C=C\C/C=C\CCCCCCCCCC(=O)OCCCCCCCCCCCCCCC/C=C\C/C=C\CCCCCCCCCCCCCCCCCCCC(=O)NC(CO)C(O)/C=C/CCCCCCCCCCCC. The van der Waals surface area contributed by atoms with Crippen molar-refractivity contribution in [2.45, 2.75) is 411 Å². The first-order chi connectivity index (χ1) is 41.5. The van der Waals surface area contributed by atoms with Crippen LogP contribution in [0.15, 0.2) is 60.8 Å². The minimum absolute atomic E-state index is 0.0112. The number of amides is 1. The molecule has 0 saturated heterocycles. The van der Waals surface area contributed by atoms with Gasteiger partial charge in [-0.25, -0.2) is 0 Å². The summed E-state index contributed by atoms with van der Waals surface area (Å²) in [4.78, 5) is 24.6. The second-order valence-electron chi connectivity index (χ2n) is 25.6. The molecule has 0 aliphatic rings. The molecule has 0 spiro atoms. The molecule has 0 aliphatic carbocycles. The van der Waals surface area contributed by atoms with Gasteiger partial charge in [-0.1, -0.05) is 351 Å². The highest BCUT2D eigenvalue weighted by Crippen LogP contribution is 2.18. The Bertz CT molecular complexity index is 1450. The Labute approximate surface area is 524 Å². The fourth-order valence-corrected chi connectivity index (χ4v) is 11.5. The number of aliphatic hydroxyl groups excluding tert-OH is 2. The van der Waals surface area contributed by atoms with Crippen LogP contribution >= 0.6 is 0 Å². The second kappa shape index (κ2) is 73.0. The van der Waals surface area contributed by atoms with Crippen molar-refractivity contribution >= 4 is 11.9 Å². The Hall–Kier alpha value is -2.44. The van der Waals surface area contributed by atoms with Gasteiger partial charge in [0.05, 0.1) is 25.4 Å². The van der Waals surface area contributed by atoms with E-state index in [1.165, 1.54) is 315 Å². The molecule has 84 heavy (non-hydrogen) atoms. The number of rotatable bonds is 70. The Kier molecular flexibility index (Phi) is 70.9.